The number of carbonyl (C=O) groups is 1. The molecular weight excluding hydrogens is 275 g/mol. The van der Waals surface area contributed by atoms with Crippen LogP contribution in [-0.4, -0.2) is 31.3 Å². The van der Waals surface area contributed by atoms with Gasteiger partial charge in [0.15, 0.2) is 0 Å². The van der Waals surface area contributed by atoms with Crippen molar-refractivity contribution >= 4 is 17.7 Å². The largest absolute Gasteiger partial charge is 0.356 e. The second-order valence-electron chi connectivity index (χ2n) is 5.03. The average molecular weight is 296 g/mol. The van der Waals surface area contributed by atoms with Crippen LogP contribution in [0.25, 0.3) is 0 Å². The fourth-order valence-corrected chi connectivity index (χ4v) is 3.17. The molecule has 0 aromatic heterocycles. The maximum Gasteiger partial charge on any atom is 0.220 e. The molecule has 3 nitrogen and oxygen atoms in total. The van der Waals surface area contributed by atoms with E-state index in [1.54, 1.807) is 18.2 Å². The fourth-order valence-electron chi connectivity index (χ4n) is 2.28. The lowest BCUT2D eigenvalue weighted by Crippen LogP contribution is -2.26. The molecule has 2 rings (SSSR count). The van der Waals surface area contributed by atoms with Crippen LogP contribution >= 0.6 is 11.8 Å². The van der Waals surface area contributed by atoms with Crippen LogP contribution in [0.5, 0.6) is 0 Å². The maximum atomic E-state index is 13.4. The summed E-state index contributed by atoms with van der Waals surface area (Å²) < 4.78 is 13.4. The molecule has 1 aromatic rings. The molecule has 0 aliphatic carbocycles. The third-order valence-corrected chi connectivity index (χ3v) is 4.51. The second kappa shape index (κ2) is 8.27. The van der Waals surface area contributed by atoms with Crippen molar-refractivity contribution in [2.24, 2.45) is 5.92 Å². The highest BCUT2D eigenvalue weighted by molar-refractivity contribution is 7.99. The van der Waals surface area contributed by atoms with Gasteiger partial charge in [0, 0.05) is 23.6 Å². The normalized spacial score (nSPS) is 18.1. The van der Waals surface area contributed by atoms with E-state index in [0.717, 1.165) is 26.1 Å². The molecule has 2 N–H and O–H groups in total. The van der Waals surface area contributed by atoms with Gasteiger partial charge in [0.1, 0.15) is 5.82 Å². The molecule has 110 valence electrons. The zero-order valence-corrected chi connectivity index (χ0v) is 12.3. The Morgan fingerprint density at radius 1 is 1.45 bits per heavy atom. The molecule has 5 heteroatoms. The Morgan fingerprint density at radius 2 is 2.30 bits per heavy atom. The molecular formula is C15H21FN2OS. The van der Waals surface area contributed by atoms with E-state index in [4.69, 9.17) is 0 Å². The van der Waals surface area contributed by atoms with Crippen molar-refractivity contribution in [1.82, 2.24) is 10.6 Å². The third-order valence-electron chi connectivity index (χ3n) is 3.46. The van der Waals surface area contributed by atoms with E-state index in [-0.39, 0.29) is 11.7 Å². The fraction of sp³-hybridized carbons (Fsp3) is 0.533. The standard InChI is InChI=1S/C15H21FN2OS/c16-13-3-1-2-4-14(13)20-10-7-15(19)18-9-6-12-5-8-17-11-12/h1-4,12,17H,5-11H2,(H,18,19). The van der Waals surface area contributed by atoms with E-state index in [1.165, 1.54) is 24.2 Å². The van der Waals surface area contributed by atoms with Gasteiger partial charge in [0.05, 0.1) is 0 Å². The highest BCUT2D eigenvalue weighted by atomic mass is 32.2. The molecule has 1 amide bonds. The summed E-state index contributed by atoms with van der Waals surface area (Å²) in [5.74, 6) is 1.15. The molecule has 1 saturated heterocycles. The minimum atomic E-state index is -0.216. The second-order valence-corrected chi connectivity index (χ2v) is 6.16. The Kier molecular flexibility index (Phi) is 6.33. The highest BCUT2D eigenvalue weighted by Crippen LogP contribution is 2.21. The summed E-state index contributed by atoms with van der Waals surface area (Å²) in [5.41, 5.74) is 0. The number of amides is 1. The van der Waals surface area contributed by atoms with E-state index in [2.05, 4.69) is 10.6 Å². The van der Waals surface area contributed by atoms with Gasteiger partial charge in [-0.2, -0.15) is 0 Å². The minimum absolute atomic E-state index is 0.0554. The number of benzene rings is 1. The van der Waals surface area contributed by atoms with Gasteiger partial charge < -0.3 is 10.6 Å². The SMILES string of the molecule is O=C(CCSc1ccccc1F)NCCC1CCNC1. The van der Waals surface area contributed by atoms with Crippen LogP contribution in [0.4, 0.5) is 4.39 Å². The lowest BCUT2D eigenvalue weighted by Gasteiger charge is -2.09. The summed E-state index contributed by atoms with van der Waals surface area (Å²) in [5, 5.41) is 6.25. The Balaban J connectivity index is 1.57. The van der Waals surface area contributed by atoms with Crippen molar-refractivity contribution in [3.05, 3.63) is 30.1 Å². The molecule has 1 aromatic carbocycles. The van der Waals surface area contributed by atoms with Crippen LogP contribution in [0.2, 0.25) is 0 Å². The Hall–Kier alpha value is -1.07. The average Bonchev–Trinajstić information content (AvgIpc) is 2.94. The number of thioether (sulfide) groups is 1. The van der Waals surface area contributed by atoms with E-state index in [9.17, 15) is 9.18 Å². The molecule has 0 radical (unpaired) electrons. The van der Waals surface area contributed by atoms with Crippen molar-refractivity contribution in [3.8, 4) is 0 Å². The number of halogens is 1. The molecule has 0 saturated carbocycles. The van der Waals surface area contributed by atoms with Crippen LogP contribution in [0.15, 0.2) is 29.2 Å². The van der Waals surface area contributed by atoms with Crippen LogP contribution in [0, 0.1) is 11.7 Å². The highest BCUT2D eigenvalue weighted by Gasteiger charge is 2.14. The smallest absolute Gasteiger partial charge is 0.220 e. The van der Waals surface area contributed by atoms with Gasteiger partial charge in [0.25, 0.3) is 0 Å². The first-order valence-electron chi connectivity index (χ1n) is 7.10. The molecule has 0 spiro atoms. The van der Waals surface area contributed by atoms with Crippen LogP contribution in [-0.2, 0) is 4.79 Å². The maximum absolute atomic E-state index is 13.4. The Morgan fingerprint density at radius 3 is 3.05 bits per heavy atom. The van der Waals surface area contributed by atoms with Crippen LogP contribution in [0.1, 0.15) is 19.3 Å². The molecule has 1 fully saturated rings. The summed E-state index contributed by atoms with van der Waals surface area (Å²) in [6, 6.07) is 6.66. The van der Waals surface area contributed by atoms with Gasteiger partial charge >= 0.3 is 0 Å². The summed E-state index contributed by atoms with van der Waals surface area (Å²) >= 11 is 1.39. The quantitative estimate of drug-likeness (QED) is 0.759. The third kappa shape index (κ3) is 5.13. The van der Waals surface area contributed by atoms with Crippen LogP contribution in [0.3, 0.4) is 0 Å². The first kappa shape index (κ1) is 15.3. The monoisotopic (exact) mass is 296 g/mol. The summed E-state index contributed by atoms with van der Waals surface area (Å²) in [6.07, 6.45) is 2.68. The van der Waals surface area contributed by atoms with Gasteiger partial charge in [-0.25, -0.2) is 4.39 Å². The van der Waals surface area contributed by atoms with Gasteiger partial charge in [-0.15, -0.1) is 11.8 Å². The van der Waals surface area contributed by atoms with Gasteiger partial charge in [-0.1, -0.05) is 12.1 Å². The number of carbonyl (C=O) groups excluding carboxylic acids is 1. The van der Waals surface area contributed by atoms with Crippen LogP contribution < -0.4 is 10.6 Å². The van der Waals surface area contributed by atoms with E-state index >= 15 is 0 Å². The van der Waals surface area contributed by atoms with Crippen molar-refractivity contribution < 1.29 is 9.18 Å². The lowest BCUT2D eigenvalue weighted by atomic mass is 10.1. The zero-order chi connectivity index (χ0) is 14.2. The van der Waals surface area contributed by atoms with E-state index < -0.39 is 0 Å². The Bertz CT molecular complexity index is 436. The predicted octanol–water partition coefficient (Wildman–Crippen LogP) is 2.42. The Labute approximate surface area is 123 Å². The first-order chi connectivity index (χ1) is 9.75. The number of rotatable bonds is 7. The summed E-state index contributed by atoms with van der Waals surface area (Å²) in [4.78, 5) is 12.3. The number of nitrogens with one attached hydrogen (secondary N) is 2. The van der Waals surface area contributed by atoms with Crippen molar-refractivity contribution in [2.75, 3.05) is 25.4 Å². The van der Waals surface area contributed by atoms with Gasteiger partial charge in [0.2, 0.25) is 5.91 Å². The van der Waals surface area contributed by atoms with Gasteiger partial charge in [-0.3, -0.25) is 4.79 Å². The van der Waals surface area contributed by atoms with Crippen molar-refractivity contribution in [3.63, 3.8) is 0 Å². The van der Waals surface area contributed by atoms with E-state index in [0.29, 0.717) is 23.0 Å². The van der Waals surface area contributed by atoms with E-state index in [1.807, 2.05) is 0 Å². The number of hydrogen-bond donors (Lipinski definition) is 2. The van der Waals surface area contributed by atoms with Crippen molar-refractivity contribution in [1.29, 1.82) is 0 Å². The number of hydrogen-bond acceptors (Lipinski definition) is 3. The lowest BCUT2D eigenvalue weighted by molar-refractivity contribution is -0.120. The zero-order valence-electron chi connectivity index (χ0n) is 11.5. The van der Waals surface area contributed by atoms with Gasteiger partial charge in [-0.05, 0) is 44.0 Å². The molecule has 20 heavy (non-hydrogen) atoms. The van der Waals surface area contributed by atoms with Crippen molar-refractivity contribution in [2.45, 2.75) is 24.2 Å². The molecule has 1 atom stereocenters. The summed E-state index contributed by atoms with van der Waals surface area (Å²) in [7, 11) is 0. The molecule has 1 aliphatic heterocycles. The molecule has 1 heterocycles. The molecule has 1 unspecified atom stereocenters. The molecule has 0 bridgehead atoms. The predicted molar refractivity (Wildman–Crippen MR) is 80.3 cm³/mol. The topological polar surface area (TPSA) is 41.1 Å². The molecule has 1 aliphatic rings. The first-order valence-corrected chi connectivity index (χ1v) is 8.09. The minimum Gasteiger partial charge on any atom is -0.356 e. The summed E-state index contributed by atoms with van der Waals surface area (Å²) in [6.45, 7) is 2.91.